The average molecular weight is 226 g/mol. The first-order valence-corrected chi connectivity index (χ1v) is 6.82. The van der Waals surface area contributed by atoms with Gasteiger partial charge in [0.05, 0.1) is 6.10 Å². The Kier molecular flexibility index (Phi) is 4.62. The van der Waals surface area contributed by atoms with Gasteiger partial charge < -0.3 is 15.8 Å². The molecule has 3 N–H and O–H groups in total. The van der Waals surface area contributed by atoms with Gasteiger partial charge in [0.25, 0.3) is 0 Å². The molecule has 0 aliphatic heterocycles. The lowest BCUT2D eigenvalue weighted by molar-refractivity contribution is 0.0603. The summed E-state index contributed by atoms with van der Waals surface area (Å²) in [4.78, 5) is 0. The summed E-state index contributed by atoms with van der Waals surface area (Å²) in [7, 11) is 1.83. The third-order valence-corrected chi connectivity index (χ3v) is 4.25. The number of hydrogen-bond acceptors (Lipinski definition) is 3. The van der Waals surface area contributed by atoms with Gasteiger partial charge in [-0.25, -0.2) is 0 Å². The maximum absolute atomic E-state index is 5.92. The van der Waals surface area contributed by atoms with Crippen molar-refractivity contribution in [2.45, 2.75) is 75.6 Å². The van der Waals surface area contributed by atoms with Gasteiger partial charge in [0.15, 0.2) is 0 Å². The molecular formula is C13H26N2O. The van der Waals surface area contributed by atoms with Crippen LogP contribution in [-0.4, -0.2) is 31.3 Å². The molecule has 2 aliphatic rings. The zero-order valence-corrected chi connectivity index (χ0v) is 10.5. The standard InChI is InChI=1S/C13H26N2O/c1-16-13-8-6-12(7-9-13)15-11-4-2-10(14)3-5-11/h10-13,15H,2-9,14H2,1H3. The Labute approximate surface area is 99.1 Å². The zero-order chi connectivity index (χ0) is 11.4. The molecule has 0 radical (unpaired) electrons. The predicted octanol–water partition coefficient (Wildman–Crippen LogP) is 1.80. The van der Waals surface area contributed by atoms with Crippen molar-refractivity contribution in [1.29, 1.82) is 0 Å². The van der Waals surface area contributed by atoms with Crippen molar-refractivity contribution in [3.05, 3.63) is 0 Å². The number of ether oxygens (including phenoxy) is 1. The molecule has 0 amide bonds. The Hall–Kier alpha value is -0.120. The number of nitrogens with one attached hydrogen (secondary N) is 1. The van der Waals surface area contributed by atoms with E-state index in [0.29, 0.717) is 12.1 Å². The normalized spacial score (nSPS) is 40.9. The first kappa shape index (κ1) is 12.3. The van der Waals surface area contributed by atoms with Crippen LogP contribution in [0.4, 0.5) is 0 Å². The number of rotatable bonds is 3. The molecule has 0 unspecified atom stereocenters. The summed E-state index contributed by atoms with van der Waals surface area (Å²) in [5.74, 6) is 0. The number of methoxy groups -OCH3 is 1. The highest BCUT2D eigenvalue weighted by molar-refractivity contribution is 4.84. The Bertz CT molecular complexity index is 194. The Morgan fingerprint density at radius 3 is 1.88 bits per heavy atom. The second kappa shape index (κ2) is 5.99. The van der Waals surface area contributed by atoms with Crippen molar-refractivity contribution >= 4 is 0 Å². The molecule has 2 saturated carbocycles. The number of hydrogen-bond donors (Lipinski definition) is 2. The first-order valence-electron chi connectivity index (χ1n) is 6.82. The third-order valence-electron chi connectivity index (χ3n) is 4.25. The molecule has 0 heterocycles. The van der Waals surface area contributed by atoms with E-state index in [1.807, 2.05) is 7.11 Å². The summed E-state index contributed by atoms with van der Waals surface area (Å²) in [5, 5.41) is 3.81. The van der Waals surface area contributed by atoms with Crippen LogP contribution in [0.2, 0.25) is 0 Å². The maximum atomic E-state index is 5.92. The quantitative estimate of drug-likeness (QED) is 0.771. The van der Waals surface area contributed by atoms with Gasteiger partial charge in [-0.3, -0.25) is 0 Å². The van der Waals surface area contributed by atoms with E-state index in [2.05, 4.69) is 5.32 Å². The molecule has 0 atom stereocenters. The lowest BCUT2D eigenvalue weighted by Crippen LogP contribution is -2.44. The van der Waals surface area contributed by atoms with Crippen molar-refractivity contribution in [2.24, 2.45) is 5.73 Å². The van der Waals surface area contributed by atoms with E-state index < -0.39 is 0 Å². The van der Waals surface area contributed by atoms with Gasteiger partial charge in [-0.2, -0.15) is 0 Å². The van der Waals surface area contributed by atoms with Crippen LogP contribution in [0.5, 0.6) is 0 Å². The van der Waals surface area contributed by atoms with Gasteiger partial charge in [-0.05, 0) is 51.4 Å². The minimum absolute atomic E-state index is 0.460. The molecule has 0 aromatic rings. The van der Waals surface area contributed by atoms with Gasteiger partial charge in [0, 0.05) is 25.2 Å². The van der Waals surface area contributed by atoms with Gasteiger partial charge in [-0.1, -0.05) is 0 Å². The summed E-state index contributed by atoms with van der Waals surface area (Å²) in [5.41, 5.74) is 5.92. The molecule has 0 spiro atoms. The molecule has 94 valence electrons. The first-order chi connectivity index (χ1) is 7.78. The molecule has 2 fully saturated rings. The summed E-state index contributed by atoms with van der Waals surface area (Å²) in [6.07, 6.45) is 10.5. The van der Waals surface area contributed by atoms with E-state index in [-0.39, 0.29) is 0 Å². The maximum Gasteiger partial charge on any atom is 0.0572 e. The summed E-state index contributed by atoms with van der Waals surface area (Å²) < 4.78 is 5.40. The van der Waals surface area contributed by atoms with Gasteiger partial charge >= 0.3 is 0 Å². The lowest BCUT2D eigenvalue weighted by atomic mass is 9.88. The lowest BCUT2D eigenvalue weighted by Gasteiger charge is -2.34. The molecule has 0 bridgehead atoms. The molecule has 3 nitrogen and oxygen atoms in total. The van der Waals surface area contributed by atoms with Gasteiger partial charge in [-0.15, -0.1) is 0 Å². The summed E-state index contributed by atoms with van der Waals surface area (Å²) in [6.45, 7) is 0. The van der Waals surface area contributed by atoms with E-state index >= 15 is 0 Å². The van der Waals surface area contributed by atoms with Gasteiger partial charge in [0.2, 0.25) is 0 Å². The third kappa shape index (κ3) is 3.44. The van der Waals surface area contributed by atoms with Crippen LogP contribution >= 0.6 is 0 Å². The van der Waals surface area contributed by atoms with E-state index in [0.717, 1.165) is 12.1 Å². The SMILES string of the molecule is COC1CCC(NC2CCC(N)CC2)CC1. The van der Waals surface area contributed by atoms with Gasteiger partial charge in [0.1, 0.15) is 0 Å². The molecule has 2 rings (SSSR count). The van der Waals surface area contributed by atoms with Crippen molar-refractivity contribution < 1.29 is 4.74 Å². The van der Waals surface area contributed by atoms with Crippen molar-refractivity contribution in [2.75, 3.05) is 7.11 Å². The van der Waals surface area contributed by atoms with Crippen LogP contribution in [0.25, 0.3) is 0 Å². The second-order valence-electron chi connectivity index (χ2n) is 5.49. The monoisotopic (exact) mass is 226 g/mol. The highest BCUT2D eigenvalue weighted by Gasteiger charge is 2.25. The van der Waals surface area contributed by atoms with Crippen LogP contribution in [0.3, 0.4) is 0 Å². The highest BCUT2D eigenvalue weighted by atomic mass is 16.5. The fourth-order valence-corrected chi connectivity index (χ4v) is 3.08. The Morgan fingerprint density at radius 1 is 0.875 bits per heavy atom. The summed E-state index contributed by atoms with van der Waals surface area (Å²) in [6, 6.07) is 1.91. The molecule has 0 saturated heterocycles. The predicted molar refractivity (Wildman–Crippen MR) is 66.4 cm³/mol. The Balaban J connectivity index is 1.66. The highest BCUT2D eigenvalue weighted by Crippen LogP contribution is 2.23. The van der Waals surface area contributed by atoms with Crippen LogP contribution in [0, 0.1) is 0 Å². The molecular weight excluding hydrogens is 200 g/mol. The topological polar surface area (TPSA) is 47.3 Å². The van der Waals surface area contributed by atoms with Crippen LogP contribution in [0.15, 0.2) is 0 Å². The van der Waals surface area contributed by atoms with Crippen LogP contribution < -0.4 is 11.1 Å². The number of nitrogens with two attached hydrogens (primary N) is 1. The molecule has 0 aromatic carbocycles. The molecule has 3 heteroatoms. The average Bonchev–Trinajstić information content (AvgIpc) is 2.33. The minimum atomic E-state index is 0.460. The van der Waals surface area contributed by atoms with E-state index in [1.165, 1.54) is 51.4 Å². The zero-order valence-electron chi connectivity index (χ0n) is 10.5. The van der Waals surface area contributed by atoms with E-state index in [9.17, 15) is 0 Å². The molecule has 0 aromatic heterocycles. The second-order valence-corrected chi connectivity index (χ2v) is 5.49. The van der Waals surface area contributed by atoms with Crippen molar-refractivity contribution in [3.63, 3.8) is 0 Å². The fourth-order valence-electron chi connectivity index (χ4n) is 3.08. The molecule has 2 aliphatic carbocycles. The van der Waals surface area contributed by atoms with Crippen LogP contribution in [0.1, 0.15) is 51.4 Å². The van der Waals surface area contributed by atoms with Crippen LogP contribution in [-0.2, 0) is 4.74 Å². The summed E-state index contributed by atoms with van der Waals surface area (Å²) >= 11 is 0. The fraction of sp³-hybridized carbons (Fsp3) is 1.00. The van der Waals surface area contributed by atoms with E-state index in [4.69, 9.17) is 10.5 Å². The smallest absolute Gasteiger partial charge is 0.0572 e. The Morgan fingerprint density at radius 2 is 1.38 bits per heavy atom. The van der Waals surface area contributed by atoms with Crippen molar-refractivity contribution in [3.8, 4) is 0 Å². The van der Waals surface area contributed by atoms with E-state index in [1.54, 1.807) is 0 Å². The molecule has 16 heavy (non-hydrogen) atoms. The minimum Gasteiger partial charge on any atom is -0.381 e. The largest absolute Gasteiger partial charge is 0.381 e. The van der Waals surface area contributed by atoms with Crippen molar-refractivity contribution in [1.82, 2.24) is 5.32 Å².